The van der Waals surface area contributed by atoms with Gasteiger partial charge in [0.05, 0.1) is 5.52 Å². The highest BCUT2D eigenvalue weighted by atomic mass is 15.0. The van der Waals surface area contributed by atoms with E-state index in [1.54, 1.807) is 0 Å². The number of hydrogen-bond acceptors (Lipinski definition) is 4. The van der Waals surface area contributed by atoms with Crippen LogP contribution < -0.4 is 0 Å². The van der Waals surface area contributed by atoms with Crippen molar-refractivity contribution in [3.63, 3.8) is 0 Å². The summed E-state index contributed by atoms with van der Waals surface area (Å²) in [5.41, 5.74) is 6.13. The van der Waals surface area contributed by atoms with Gasteiger partial charge in [-0.1, -0.05) is 121 Å². The van der Waals surface area contributed by atoms with Gasteiger partial charge in [0, 0.05) is 28.3 Å². The van der Waals surface area contributed by atoms with E-state index in [-0.39, 0.29) is 0 Å². The largest absolute Gasteiger partial charge is 0.256 e. The second-order valence-corrected chi connectivity index (χ2v) is 12.7. The first kappa shape index (κ1) is 28.3. The molecule has 8 aromatic carbocycles. The molecule has 0 aliphatic heterocycles. The predicted molar refractivity (Wildman–Crippen MR) is 207 cm³/mol. The fraction of sp³-hybridized carbons (Fsp3) is 0. The molecule has 0 spiro atoms. The van der Waals surface area contributed by atoms with Crippen LogP contribution >= 0.6 is 0 Å². The van der Waals surface area contributed by atoms with Crippen molar-refractivity contribution < 1.29 is 0 Å². The van der Waals surface area contributed by atoms with Gasteiger partial charge in [0.1, 0.15) is 0 Å². The molecule has 0 N–H and O–H groups in total. The Morgan fingerprint density at radius 1 is 0.300 bits per heavy atom. The van der Waals surface area contributed by atoms with Crippen molar-refractivity contribution in [2.75, 3.05) is 0 Å². The van der Waals surface area contributed by atoms with E-state index >= 15 is 0 Å². The van der Waals surface area contributed by atoms with Gasteiger partial charge >= 0.3 is 0 Å². The zero-order valence-electron chi connectivity index (χ0n) is 27.0. The third-order valence-electron chi connectivity index (χ3n) is 9.69. The molecule has 0 amide bonds. The van der Waals surface area contributed by atoms with E-state index in [0.717, 1.165) is 60.3 Å². The average Bonchev–Trinajstić information content (AvgIpc) is 3.18. The zero-order chi connectivity index (χ0) is 33.0. The van der Waals surface area contributed by atoms with E-state index in [0.29, 0.717) is 17.5 Å². The van der Waals surface area contributed by atoms with E-state index in [4.69, 9.17) is 15.0 Å². The summed E-state index contributed by atoms with van der Waals surface area (Å²) in [6.07, 6.45) is 1.83. The van der Waals surface area contributed by atoms with Gasteiger partial charge in [-0.25, -0.2) is 15.0 Å². The highest BCUT2D eigenvalue weighted by molar-refractivity contribution is 6.06. The van der Waals surface area contributed by atoms with Crippen molar-refractivity contribution in [2.24, 2.45) is 0 Å². The van der Waals surface area contributed by atoms with Gasteiger partial charge in [-0.05, 0) is 96.7 Å². The van der Waals surface area contributed by atoms with E-state index in [1.807, 2.05) is 12.3 Å². The van der Waals surface area contributed by atoms with Gasteiger partial charge in [-0.3, -0.25) is 4.98 Å². The topological polar surface area (TPSA) is 51.6 Å². The second kappa shape index (κ2) is 11.4. The number of nitrogens with zero attached hydrogens (tertiary/aromatic N) is 4. The summed E-state index contributed by atoms with van der Waals surface area (Å²) < 4.78 is 0. The molecular weight excluding hydrogens is 609 g/mol. The van der Waals surface area contributed by atoms with Crippen molar-refractivity contribution in [1.29, 1.82) is 0 Å². The molecule has 0 saturated carbocycles. The molecule has 2 aromatic heterocycles. The molecular formula is C46H28N4. The van der Waals surface area contributed by atoms with Gasteiger partial charge in [0.15, 0.2) is 17.5 Å². The number of pyridine rings is 1. The standard InChI is InChI=1S/C46H28N4/c1-3-10-33-27-41-36(24-31(33)8-1)12-5-15-39(41)45-48-44(30-19-17-29(18-20-30)35-21-22-43-38(26-35)14-7-23-47-43)49-46(50-45)40-16-6-13-37-25-32-9-2-4-11-34(32)28-42(37)40/h1-28H. The minimum Gasteiger partial charge on any atom is -0.256 e. The van der Waals surface area contributed by atoms with Crippen LogP contribution in [0.4, 0.5) is 0 Å². The smallest absolute Gasteiger partial charge is 0.164 e. The van der Waals surface area contributed by atoms with Crippen LogP contribution in [0.15, 0.2) is 170 Å². The van der Waals surface area contributed by atoms with Gasteiger partial charge in [-0.2, -0.15) is 0 Å². The summed E-state index contributed by atoms with van der Waals surface area (Å²) in [4.78, 5) is 20.1. The van der Waals surface area contributed by atoms with Crippen LogP contribution in [-0.2, 0) is 0 Å². The Morgan fingerprint density at radius 3 is 1.38 bits per heavy atom. The zero-order valence-corrected chi connectivity index (χ0v) is 27.0. The van der Waals surface area contributed by atoms with Crippen LogP contribution in [0.25, 0.3) is 99.3 Å². The van der Waals surface area contributed by atoms with Crippen LogP contribution in [0.5, 0.6) is 0 Å². The number of fused-ring (bicyclic) bond motifs is 5. The highest BCUT2D eigenvalue weighted by Gasteiger charge is 2.17. The lowest BCUT2D eigenvalue weighted by atomic mass is 9.98. The van der Waals surface area contributed by atoms with Crippen molar-refractivity contribution in [1.82, 2.24) is 19.9 Å². The molecule has 232 valence electrons. The lowest BCUT2D eigenvalue weighted by molar-refractivity contribution is 1.08. The first-order valence-electron chi connectivity index (χ1n) is 16.8. The maximum Gasteiger partial charge on any atom is 0.164 e. The number of hydrogen-bond donors (Lipinski definition) is 0. The van der Waals surface area contributed by atoms with Crippen LogP contribution in [0, 0.1) is 0 Å². The van der Waals surface area contributed by atoms with Crippen LogP contribution in [0.1, 0.15) is 0 Å². The number of aromatic nitrogens is 4. The minimum atomic E-state index is 0.634. The molecule has 4 nitrogen and oxygen atoms in total. The summed E-state index contributed by atoms with van der Waals surface area (Å²) >= 11 is 0. The first-order valence-corrected chi connectivity index (χ1v) is 16.8. The summed E-state index contributed by atoms with van der Waals surface area (Å²) in [6, 6.07) is 57.6. The summed E-state index contributed by atoms with van der Waals surface area (Å²) in [7, 11) is 0. The van der Waals surface area contributed by atoms with Crippen molar-refractivity contribution in [3.05, 3.63) is 170 Å². The van der Waals surface area contributed by atoms with Crippen LogP contribution in [0.3, 0.4) is 0 Å². The van der Waals surface area contributed by atoms with Gasteiger partial charge in [-0.15, -0.1) is 0 Å². The fourth-order valence-electron chi connectivity index (χ4n) is 7.14. The molecule has 0 atom stereocenters. The van der Waals surface area contributed by atoms with Crippen molar-refractivity contribution in [2.45, 2.75) is 0 Å². The molecule has 0 aliphatic carbocycles. The van der Waals surface area contributed by atoms with Crippen molar-refractivity contribution in [3.8, 4) is 45.3 Å². The number of benzene rings is 8. The molecule has 4 heteroatoms. The Morgan fingerprint density at radius 2 is 0.780 bits per heavy atom. The normalized spacial score (nSPS) is 11.6. The lowest BCUT2D eigenvalue weighted by Crippen LogP contribution is -2.01. The van der Waals surface area contributed by atoms with E-state index in [9.17, 15) is 0 Å². The maximum atomic E-state index is 5.23. The summed E-state index contributed by atoms with van der Waals surface area (Å²) in [6.45, 7) is 0. The Balaban J connectivity index is 1.17. The molecule has 50 heavy (non-hydrogen) atoms. The Bertz CT molecular complexity index is 2790. The Hall–Kier alpha value is -6.78. The molecule has 10 aromatic rings. The summed E-state index contributed by atoms with van der Waals surface area (Å²) in [5, 5.41) is 10.4. The second-order valence-electron chi connectivity index (χ2n) is 12.7. The van der Waals surface area contributed by atoms with Crippen LogP contribution in [0.2, 0.25) is 0 Å². The molecule has 0 unspecified atom stereocenters. The predicted octanol–water partition coefficient (Wildman–Crippen LogP) is 11.7. The highest BCUT2D eigenvalue weighted by Crippen LogP contribution is 2.35. The quantitative estimate of drug-likeness (QED) is 0.180. The maximum absolute atomic E-state index is 5.23. The lowest BCUT2D eigenvalue weighted by Gasteiger charge is -2.13. The summed E-state index contributed by atoms with van der Waals surface area (Å²) in [5.74, 6) is 1.93. The van der Waals surface area contributed by atoms with Crippen molar-refractivity contribution >= 4 is 54.0 Å². The minimum absolute atomic E-state index is 0.634. The van der Waals surface area contributed by atoms with Gasteiger partial charge in [0.2, 0.25) is 0 Å². The van der Waals surface area contributed by atoms with Gasteiger partial charge < -0.3 is 0 Å². The molecule has 0 aliphatic rings. The molecule has 10 rings (SSSR count). The van der Waals surface area contributed by atoms with Gasteiger partial charge in [0.25, 0.3) is 0 Å². The molecule has 0 fully saturated rings. The Labute approximate surface area is 288 Å². The monoisotopic (exact) mass is 636 g/mol. The molecule has 0 radical (unpaired) electrons. The first-order chi connectivity index (χ1) is 24.7. The third kappa shape index (κ3) is 4.85. The average molecular weight is 637 g/mol. The SMILES string of the molecule is c1ccc2cc3c(-c4nc(-c5ccc(-c6ccc7ncccc7c6)cc5)nc(-c5cccc6cc7ccccc7cc56)n4)cccc3cc2c1. The molecule has 2 heterocycles. The Kier molecular flexibility index (Phi) is 6.46. The third-order valence-corrected chi connectivity index (χ3v) is 9.69. The van der Waals surface area contributed by atoms with E-state index in [1.165, 1.54) is 21.5 Å². The molecule has 0 bridgehead atoms. The molecule has 0 saturated heterocycles. The van der Waals surface area contributed by atoms with E-state index in [2.05, 4.69) is 163 Å². The van der Waals surface area contributed by atoms with Crippen LogP contribution in [-0.4, -0.2) is 19.9 Å². The van der Waals surface area contributed by atoms with E-state index < -0.39 is 0 Å². The fourth-order valence-corrected chi connectivity index (χ4v) is 7.14. The number of rotatable bonds is 4.